The number of nitrogens with one attached hydrogen (secondary N) is 1. The fourth-order valence-corrected chi connectivity index (χ4v) is 4.36. The third-order valence-corrected chi connectivity index (χ3v) is 6.29. The van der Waals surface area contributed by atoms with Crippen molar-refractivity contribution in [3.63, 3.8) is 0 Å². The van der Waals surface area contributed by atoms with Gasteiger partial charge in [-0.2, -0.15) is 0 Å². The molecule has 1 fully saturated rings. The molecule has 0 spiro atoms. The van der Waals surface area contributed by atoms with E-state index in [-0.39, 0.29) is 10.7 Å². The van der Waals surface area contributed by atoms with E-state index in [4.69, 9.17) is 0 Å². The SMILES string of the molecule is CCc1ccc(S(=O)(=O)Nc2ccc(N3CCCCC3CC)nn2)cc1. The molecule has 1 aliphatic heterocycles. The minimum absolute atomic E-state index is 0.225. The number of sulfonamides is 1. The number of anilines is 2. The summed E-state index contributed by atoms with van der Waals surface area (Å²) in [5, 5.41) is 8.34. The van der Waals surface area contributed by atoms with Crippen molar-refractivity contribution in [2.75, 3.05) is 16.2 Å². The topological polar surface area (TPSA) is 75.2 Å². The second-order valence-electron chi connectivity index (χ2n) is 6.63. The zero-order valence-corrected chi connectivity index (χ0v) is 16.2. The van der Waals surface area contributed by atoms with Gasteiger partial charge in [0.25, 0.3) is 10.0 Å². The highest BCUT2D eigenvalue weighted by atomic mass is 32.2. The van der Waals surface area contributed by atoms with Crippen LogP contribution in [-0.2, 0) is 16.4 Å². The van der Waals surface area contributed by atoms with Crippen molar-refractivity contribution in [3.05, 3.63) is 42.0 Å². The smallest absolute Gasteiger partial charge is 0.263 e. The Balaban J connectivity index is 1.73. The zero-order valence-electron chi connectivity index (χ0n) is 15.4. The predicted molar refractivity (Wildman–Crippen MR) is 104 cm³/mol. The van der Waals surface area contributed by atoms with Crippen molar-refractivity contribution in [1.29, 1.82) is 0 Å². The predicted octanol–water partition coefficient (Wildman–Crippen LogP) is 3.61. The van der Waals surface area contributed by atoms with Crippen LogP contribution in [-0.4, -0.2) is 31.2 Å². The van der Waals surface area contributed by atoms with Crippen molar-refractivity contribution in [1.82, 2.24) is 10.2 Å². The van der Waals surface area contributed by atoms with Gasteiger partial charge in [0, 0.05) is 12.6 Å². The van der Waals surface area contributed by atoms with Crippen LogP contribution in [0.3, 0.4) is 0 Å². The molecule has 140 valence electrons. The molecule has 0 radical (unpaired) electrons. The summed E-state index contributed by atoms with van der Waals surface area (Å²) in [5.74, 6) is 1.05. The number of aromatic nitrogens is 2. The molecule has 1 N–H and O–H groups in total. The van der Waals surface area contributed by atoms with E-state index in [2.05, 4.69) is 26.7 Å². The molecule has 0 amide bonds. The average Bonchev–Trinajstić information content (AvgIpc) is 2.68. The number of aryl methyl sites for hydroxylation is 1. The van der Waals surface area contributed by atoms with Crippen LogP contribution in [0, 0.1) is 0 Å². The van der Waals surface area contributed by atoms with Crippen LogP contribution in [0.1, 0.15) is 45.1 Å². The van der Waals surface area contributed by atoms with Gasteiger partial charge in [-0.3, -0.25) is 4.72 Å². The van der Waals surface area contributed by atoms with E-state index in [1.54, 1.807) is 18.2 Å². The van der Waals surface area contributed by atoms with Gasteiger partial charge in [-0.25, -0.2) is 8.42 Å². The van der Waals surface area contributed by atoms with Gasteiger partial charge in [-0.05, 0) is 61.9 Å². The summed E-state index contributed by atoms with van der Waals surface area (Å²) in [6.45, 7) is 5.19. The van der Waals surface area contributed by atoms with E-state index in [9.17, 15) is 8.42 Å². The minimum Gasteiger partial charge on any atom is -0.352 e. The fraction of sp³-hybridized carbons (Fsp3) is 0.474. The molecule has 0 aliphatic carbocycles. The van der Waals surface area contributed by atoms with Gasteiger partial charge in [-0.15, -0.1) is 10.2 Å². The lowest BCUT2D eigenvalue weighted by Crippen LogP contribution is -2.39. The molecule has 1 atom stereocenters. The molecule has 6 nitrogen and oxygen atoms in total. The molecule has 1 aliphatic rings. The molecule has 2 heterocycles. The van der Waals surface area contributed by atoms with E-state index in [1.165, 1.54) is 12.8 Å². The molecule has 1 unspecified atom stereocenters. The molecule has 1 aromatic heterocycles. The Hall–Kier alpha value is -2.15. The molecule has 3 rings (SSSR count). The van der Waals surface area contributed by atoms with Crippen LogP contribution in [0.4, 0.5) is 11.6 Å². The van der Waals surface area contributed by atoms with Crippen LogP contribution in [0.2, 0.25) is 0 Å². The molecular weight excluding hydrogens is 348 g/mol. The monoisotopic (exact) mass is 374 g/mol. The van der Waals surface area contributed by atoms with E-state index in [0.29, 0.717) is 6.04 Å². The van der Waals surface area contributed by atoms with E-state index in [1.807, 2.05) is 25.1 Å². The van der Waals surface area contributed by atoms with Crippen LogP contribution in [0.15, 0.2) is 41.3 Å². The van der Waals surface area contributed by atoms with Crippen molar-refractivity contribution >= 4 is 21.7 Å². The summed E-state index contributed by atoms with van der Waals surface area (Å²) >= 11 is 0. The minimum atomic E-state index is -3.66. The van der Waals surface area contributed by atoms with Crippen molar-refractivity contribution in [2.45, 2.75) is 56.9 Å². The molecule has 2 aromatic rings. The Morgan fingerprint density at radius 1 is 1.08 bits per heavy atom. The Morgan fingerprint density at radius 2 is 1.85 bits per heavy atom. The third-order valence-electron chi connectivity index (χ3n) is 4.92. The van der Waals surface area contributed by atoms with Crippen LogP contribution in [0.25, 0.3) is 0 Å². The van der Waals surface area contributed by atoms with Crippen molar-refractivity contribution < 1.29 is 8.42 Å². The Morgan fingerprint density at radius 3 is 2.46 bits per heavy atom. The Bertz CT molecular complexity index is 820. The largest absolute Gasteiger partial charge is 0.352 e. The Kier molecular flexibility index (Phi) is 5.76. The number of hydrogen-bond acceptors (Lipinski definition) is 5. The highest BCUT2D eigenvalue weighted by molar-refractivity contribution is 7.92. The summed E-state index contributed by atoms with van der Waals surface area (Å²) in [4.78, 5) is 2.50. The number of nitrogens with zero attached hydrogens (tertiary/aromatic N) is 3. The normalized spacial score (nSPS) is 17.9. The highest BCUT2D eigenvalue weighted by Gasteiger charge is 2.22. The zero-order chi connectivity index (χ0) is 18.6. The second kappa shape index (κ2) is 8.03. The summed E-state index contributed by atoms with van der Waals surface area (Å²) in [6, 6.07) is 10.9. The molecule has 1 saturated heterocycles. The first-order valence-corrected chi connectivity index (χ1v) is 10.7. The molecule has 26 heavy (non-hydrogen) atoms. The van der Waals surface area contributed by atoms with Gasteiger partial charge in [0.1, 0.15) is 0 Å². The lowest BCUT2D eigenvalue weighted by molar-refractivity contribution is 0.445. The summed E-state index contributed by atoms with van der Waals surface area (Å²) in [7, 11) is -3.66. The maximum atomic E-state index is 12.5. The highest BCUT2D eigenvalue weighted by Crippen LogP contribution is 2.25. The lowest BCUT2D eigenvalue weighted by atomic mass is 10.0. The maximum Gasteiger partial charge on any atom is 0.263 e. The maximum absolute atomic E-state index is 12.5. The number of hydrogen-bond donors (Lipinski definition) is 1. The molecular formula is C19H26N4O2S. The molecule has 7 heteroatoms. The summed E-state index contributed by atoms with van der Waals surface area (Å²) in [5.41, 5.74) is 1.10. The van der Waals surface area contributed by atoms with Gasteiger partial charge >= 0.3 is 0 Å². The third kappa shape index (κ3) is 4.15. The van der Waals surface area contributed by atoms with Gasteiger partial charge in [-0.1, -0.05) is 26.0 Å². The van der Waals surface area contributed by atoms with Gasteiger partial charge in [0.15, 0.2) is 11.6 Å². The van der Waals surface area contributed by atoms with Crippen molar-refractivity contribution in [2.24, 2.45) is 0 Å². The summed E-state index contributed by atoms with van der Waals surface area (Å²) in [6.07, 6.45) is 5.51. The average molecular weight is 375 g/mol. The first-order valence-electron chi connectivity index (χ1n) is 9.25. The van der Waals surface area contributed by atoms with Gasteiger partial charge in [0.2, 0.25) is 0 Å². The van der Waals surface area contributed by atoms with Crippen LogP contribution in [0.5, 0.6) is 0 Å². The Labute approximate surface area is 155 Å². The molecule has 1 aromatic carbocycles. The summed E-state index contributed by atoms with van der Waals surface area (Å²) < 4.78 is 27.5. The van der Waals surface area contributed by atoms with Crippen LogP contribution < -0.4 is 9.62 Å². The van der Waals surface area contributed by atoms with Crippen LogP contribution >= 0.6 is 0 Å². The van der Waals surface area contributed by atoms with Crippen molar-refractivity contribution in [3.8, 4) is 0 Å². The quantitative estimate of drug-likeness (QED) is 0.836. The van der Waals surface area contributed by atoms with Gasteiger partial charge in [0.05, 0.1) is 4.90 Å². The molecule has 0 bridgehead atoms. The number of benzene rings is 1. The van der Waals surface area contributed by atoms with E-state index in [0.717, 1.165) is 37.2 Å². The van der Waals surface area contributed by atoms with Gasteiger partial charge < -0.3 is 4.90 Å². The second-order valence-corrected chi connectivity index (χ2v) is 8.31. The first-order chi connectivity index (χ1) is 12.5. The van der Waals surface area contributed by atoms with E-state index >= 15 is 0 Å². The fourth-order valence-electron chi connectivity index (χ4n) is 3.36. The molecule has 0 saturated carbocycles. The lowest BCUT2D eigenvalue weighted by Gasteiger charge is -2.35. The standard InChI is InChI=1S/C19H26N4O2S/c1-3-15-8-10-17(11-9-15)26(24,25)22-18-12-13-19(21-20-18)23-14-6-5-7-16(23)4-2/h8-13,16H,3-7,14H2,1-2H3,(H,20,22). The van der Waals surface area contributed by atoms with E-state index < -0.39 is 10.0 Å². The number of rotatable bonds is 6. The first kappa shape index (κ1) is 18.6. The number of piperidine rings is 1.